The lowest BCUT2D eigenvalue weighted by Gasteiger charge is -2.16. The van der Waals surface area contributed by atoms with E-state index in [1.165, 1.54) is 6.33 Å². The Morgan fingerprint density at radius 3 is 2.83 bits per heavy atom. The topological polar surface area (TPSA) is 29.0 Å². The standard InChI is InChI=1S/C7H9BrClN3/c1-3-12(2)7-5(8)6(9)10-4-11-7/h4H,3H2,1-2H3. The van der Waals surface area contributed by atoms with Gasteiger partial charge in [-0.05, 0) is 22.9 Å². The van der Waals surface area contributed by atoms with Gasteiger partial charge in [0.25, 0.3) is 0 Å². The van der Waals surface area contributed by atoms with Gasteiger partial charge in [0, 0.05) is 13.6 Å². The molecule has 3 nitrogen and oxygen atoms in total. The van der Waals surface area contributed by atoms with E-state index in [1.807, 2.05) is 18.9 Å². The van der Waals surface area contributed by atoms with Crippen LogP contribution in [-0.4, -0.2) is 23.6 Å². The molecule has 66 valence electrons. The summed E-state index contributed by atoms with van der Waals surface area (Å²) in [5, 5.41) is 0.445. The molecule has 1 heterocycles. The molecule has 0 saturated carbocycles. The number of rotatable bonds is 2. The molecule has 12 heavy (non-hydrogen) atoms. The quantitative estimate of drug-likeness (QED) is 0.755. The van der Waals surface area contributed by atoms with Crippen LogP contribution in [0.15, 0.2) is 10.8 Å². The summed E-state index contributed by atoms with van der Waals surface area (Å²) in [7, 11) is 1.95. The van der Waals surface area contributed by atoms with Gasteiger partial charge in [0.05, 0.1) is 4.47 Å². The highest BCUT2D eigenvalue weighted by molar-refractivity contribution is 9.10. The zero-order valence-corrected chi connectivity index (χ0v) is 9.22. The van der Waals surface area contributed by atoms with Gasteiger partial charge in [0.1, 0.15) is 17.3 Å². The maximum atomic E-state index is 5.79. The second-order valence-electron chi connectivity index (χ2n) is 2.32. The van der Waals surface area contributed by atoms with Crippen molar-refractivity contribution in [1.82, 2.24) is 9.97 Å². The van der Waals surface area contributed by atoms with Crippen LogP contribution >= 0.6 is 27.5 Å². The van der Waals surface area contributed by atoms with E-state index in [9.17, 15) is 0 Å². The molecular formula is C7H9BrClN3. The predicted molar refractivity (Wildman–Crippen MR) is 53.7 cm³/mol. The van der Waals surface area contributed by atoms with Gasteiger partial charge in [-0.25, -0.2) is 9.97 Å². The van der Waals surface area contributed by atoms with E-state index in [0.717, 1.165) is 16.8 Å². The second-order valence-corrected chi connectivity index (χ2v) is 3.47. The molecule has 0 fully saturated rings. The van der Waals surface area contributed by atoms with Crippen LogP contribution in [-0.2, 0) is 0 Å². The van der Waals surface area contributed by atoms with E-state index < -0.39 is 0 Å². The van der Waals surface area contributed by atoms with Crippen molar-refractivity contribution in [2.75, 3.05) is 18.5 Å². The third-order valence-corrected chi connectivity index (χ3v) is 2.81. The molecule has 0 aliphatic carbocycles. The summed E-state index contributed by atoms with van der Waals surface area (Å²) in [5.41, 5.74) is 0. The Balaban J connectivity index is 3.07. The van der Waals surface area contributed by atoms with E-state index in [0.29, 0.717) is 5.15 Å². The third-order valence-electron chi connectivity index (χ3n) is 1.56. The Morgan fingerprint density at radius 2 is 2.25 bits per heavy atom. The summed E-state index contributed by atoms with van der Waals surface area (Å²) in [6.07, 6.45) is 1.45. The van der Waals surface area contributed by atoms with Crippen LogP contribution in [0.5, 0.6) is 0 Å². The molecule has 0 atom stereocenters. The molecule has 0 saturated heterocycles. The highest BCUT2D eigenvalue weighted by Gasteiger charge is 2.08. The number of halogens is 2. The molecule has 1 aromatic heterocycles. The third kappa shape index (κ3) is 1.87. The van der Waals surface area contributed by atoms with Crippen molar-refractivity contribution < 1.29 is 0 Å². The number of hydrogen-bond acceptors (Lipinski definition) is 3. The van der Waals surface area contributed by atoms with E-state index in [2.05, 4.69) is 25.9 Å². The number of nitrogens with zero attached hydrogens (tertiary/aromatic N) is 3. The summed E-state index contributed by atoms with van der Waals surface area (Å²) >= 11 is 9.11. The second kappa shape index (κ2) is 4.05. The van der Waals surface area contributed by atoms with Crippen LogP contribution in [0.25, 0.3) is 0 Å². The van der Waals surface area contributed by atoms with Crippen molar-refractivity contribution in [3.05, 3.63) is 16.0 Å². The van der Waals surface area contributed by atoms with Crippen molar-refractivity contribution in [2.24, 2.45) is 0 Å². The van der Waals surface area contributed by atoms with Gasteiger partial charge in [-0.3, -0.25) is 0 Å². The molecule has 5 heteroatoms. The molecule has 0 aromatic carbocycles. The van der Waals surface area contributed by atoms with E-state index in [-0.39, 0.29) is 0 Å². The van der Waals surface area contributed by atoms with Crippen LogP contribution in [0.4, 0.5) is 5.82 Å². The van der Waals surface area contributed by atoms with Gasteiger partial charge >= 0.3 is 0 Å². The minimum Gasteiger partial charge on any atom is -0.359 e. The van der Waals surface area contributed by atoms with E-state index in [1.54, 1.807) is 0 Å². The van der Waals surface area contributed by atoms with Gasteiger partial charge in [0.15, 0.2) is 0 Å². The fourth-order valence-corrected chi connectivity index (χ4v) is 1.39. The van der Waals surface area contributed by atoms with Crippen LogP contribution in [0.1, 0.15) is 6.92 Å². The Bertz CT molecular complexity index is 279. The fourth-order valence-electron chi connectivity index (χ4n) is 0.756. The molecule has 0 N–H and O–H groups in total. The first-order valence-corrected chi connectivity index (χ1v) is 4.71. The smallest absolute Gasteiger partial charge is 0.148 e. The summed E-state index contributed by atoms with van der Waals surface area (Å²) in [5.74, 6) is 0.817. The zero-order valence-electron chi connectivity index (χ0n) is 6.88. The highest BCUT2D eigenvalue weighted by atomic mass is 79.9. The summed E-state index contributed by atoms with van der Waals surface area (Å²) < 4.78 is 0.746. The lowest BCUT2D eigenvalue weighted by atomic mass is 10.5. The van der Waals surface area contributed by atoms with Crippen LogP contribution in [0.2, 0.25) is 5.15 Å². The Morgan fingerprint density at radius 1 is 1.58 bits per heavy atom. The Kier molecular flexibility index (Phi) is 3.29. The fraction of sp³-hybridized carbons (Fsp3) is 0.429. The van der Waals surface area contributed by atoms with Crippen molar-refractivity contribution in [1.29, 1.82) is 0 Å². The lowest BCUT2D eigenvalue weighted by Crippen LogP contribution is -2.17. The van der Waals surface area contributed by atoms with Crippen molar-refractivity contribution in [3.63, 3.8) is 0 Å². The summed E-state index contributed by atoms with van der Waals surface area (Å²) in [4.78, 5) is 9.91. The van der Waals surface area contributed by atoms with Gasteiger partial charge < -0.3 is 4.90 Å². The highest BCUT2D eigenvalue weighted by Crippen LogP contribution is 2.27. The van der Waals surface area contributed by atoms with Gasteiger partial charge in [-0.2, -0.15) is 0 Å². The molecule has 0 bridgehead atoms. The molecule has 0 spiro atoms. The average Bonchev–Trinajstić information content (AvgIpc) is 2.08. The van der Waals surface area contributed by atoms with Crippen molar-refractivity contribution >= 4 is 33.3 Å². The number of hydrogen-bond donors (Lipinski definition) is 0. The minimum absolute atomic E-state index is 0.445. The van der Waals surface area contributed by atoms with Gasteiger partial charge in [-0.15, -0.1) is 0 Å². The normalized spacial score (nSPS) is 10.0. The maximum Gasteiger partial charge on any atom is 0.148 e. The first kappa shape index (κ1) is 9.74. The minimum atomic E-state index is 0.445. The van der Waals surface area contributed by atoms with Crippen LogP contribution in [0.3, 0.4) is 0 Å². The predicted octanol–water partition coefficient (Wildman–Crippen LogP) is 2.35. The zero-order chi connectivity index (χ0) is 9.14. The van der Waals surface area contributed by atoms with Crippen molar-refractivity contribution in [2.45, 2.75) is 6.92 Å². The average molecular weight is 251 g/mol. The largest absolute Gasteiger partial charge is 0.359 e. The monoisotopic (exact) mass is 249 g/mol. The molecular weight excluding hydrogens is 241 g/mol. The molecule has 0 unspecified atom stereocenters. The maximum absolute atomic E-state index is 5.79. The van der Waals surface area contributed by atoms with Crippen LogP contribution in [0, 0.1) is 0 Å². The Labute approximate surface area is 84.9 Å². The summed E-state index contributed by atoms with van der Waals surface area (Å²) in [6, 6.07) is 0. The molecule has 0 radical (unpaired) electrons. The summed E-state index contributed by atoms with van der Waals surface area (Å²) in [6.45, 7) is 2.92. The number of anilines is 1. The molecule has 0 aliphatic heterocycles. The van der Waals surface area contributed by atoms with Crippen molar-refractivity contribution in [3.8, 4) is 0 Å². The number of aromatic nitrogens is 2. The molecule has 1 rings (SSSR count). The Hall–Kier alpha value is -0.350. The van der Waals surface area contributed by atoms with Gasteiger partial charge in [0.2, 0.25) is 0 Å². The van der Waals surface area contributed by atoms with E-state index in [4.69, 9.17) is 11.6 Å². The molecule has 0 aliphatic rings. The molecule has 1 aromatic rings. The van der Waals surface area contributed by atoms with Crippen LogP contribution < -0.4 is 4.90 Å². The first-order valence-electron chi connectivity index (χ1n) is 3.54. The van der Waals surface area contributed by atoms with E-state index >= 15 is 0 Å². The first-order chi connectivity index (χ1) is 5.66. The van der Waals surface area contributed by atoms with Gasteiger partial charge in [-0.1, -0.05) is 11.6 Å². The lowest BCUT2D eigenvalue weighted by molar-refractivity contribution is 0.923. The molecule has 0 amide bonds. The SMILES string of the molecule is CCN(C)c1ncnc(Cl)c1Br.